The van der Waals surface area contributed by atoms with E-state index in [-0.39, 0.29) is 24.4 Å². The van der Waals surface area contributed by atoms with Gasteiger partial charge in [-0.3, -0.25) is 4.79 Å². The van der Waals surface area contributed by atoms with Crippen molar-refractivity contribution in [3.63, 3.8) is 0 Å². The number of benzene rings is 6. The molecular formula is C50H40Cl3N9O6. The molecule has 0 aliphatic carbocycles. The van der Waals surface area contributed by atoms with Crippen LogP contribution in [0.1, 0.15) is 38.7 Å². The van der Waals surface area contributed by atoms with Gasteiger partial charge in [-0.1, -0.05) is 159 Å². The van der Waals surface area contributed by atoms with Gasteiger partial charge >= 0.3 is 0 Å². The molecule has 342 valence electrons. The van der Waals surface area contributed by atoms with Crippen molar-refractivity contribution in [3.8, 4) is 5.75 Å². The first kappa shape index (κ1) is 52.2. The number of ether oxygens (including phenoxy) is 1. The number of anilines is 1. The molecule has 0 spiro atoms. The molecule has 1 saturated heterocycles. The van der Waals surface area contributed by atoms with Crippen molar-refractivity contribution in [1.82, 2.24) is 4.90 Å². The summed E-state index contributed by atoms with van der Waals surface area (Å²) in [6, 6.07) is 39.8. The first-order valence-corrected chi connectivity index (χ1v) is 21.1. The number of aliphatic hydroxyl groups is 1. The number of aldehydes is 1. The molecule has 0 saturated carbocycles. The van der Waals surface area contributed by atoms with E-state index in [1.165, 1.54) is 6.21 Å². The highest BCUT2D eigenvalue weighted by Crippen LogP contribution is 2.38. The zero-order valence-corrected chi connectivity index (χ0v) is 38.1. The molecule has 0 aromatic heterocycles. The molecule has 0 radical (unpaired) electrons. The molecule has 0 bridgehead atoms. The fraction of sp³-hybridized carbons (Fsp3) is 0.120. The van der Waals surface area contributed by atoms with Gasteiger partial charge in [0.15, 0.2) is 33.8 Å². The summed E-state index contributed by atoms with van der Waals surface area (Å²) in [5, 5.41) is 45.8. The minimum absolute atomic E-state index is 0.0199. The molecule has 1 fully saturated rings. The lowest BCUT2D eigenvalue weighted by molar-refractivity contribution is 0.112. The fourth-order valence-corrected chi connectivity index (χ4v) is 6.79. The van der Waals surface area contributed by atoms with Crippen LogP contribution in [0.2, 0.25) is 10.0 Å². The maximum Gasteiger partial charge on any atom is 0.187 e. The van der Waals surface area contributed by atoms with Crippen LogP contribution in [-0.4, -0.2) is 82.0 Å². The molecule has 0 amide bonds. The number of halogens is 3. The Morgan fingerprint density at radius 1 is 0.676 bits per heavy atom. The van der Waals surface area contributed by atoms with E-state index >= 15 is 0 Å². The Balaban J connectivity index is 0.000000246. The third-order valence-corrected chi connectivity index (χ3v) is 10.4. The quantitative estimate of drug-likeness (QED) is 0.0277. The smallest absolute Gasteiger partial charge is 0.187 e. The second-order valence-corrected chi connectivity index (χ2v) is 15.0. The van der Waals surface area contributed by atoms with Gasteiger partial charge in [-0.2, -0.15) is 0 Å². The number of aliphatic hydroxyl groups excluding tert-OH is 1. The van der Waals surface area contributed by atoms with Gasteiger partial charge in [0.05, 0.1) is 55.9 Å². The number of carbonyl (C=O) groups is 1. The number of hydrogen-bond donors (Lipinski definition) is 4. The van der Waals surface area contributed by atoms with Crippen molar-refractivity contribution in [3.05, 3.63) is 223 Å². The standard InChI is InChI=1S/C26H24Cl2N4O3.C8H5ClN2O.C8H6N2O.C8H5NO/c1-29-21-8-4-19(5-9-21)26(30-34)31-12-13-32(25(17-31)18-2-6-20(27)7-3-18)24-11-10-22(16-23(24)28)35-15-14-33;1-10-7-4-2-6(3-5-7)8(9)11-12;1-9-8-4-2-7(3-5-8)6-10-11;1-9-8-4-2-7(6-10)3-5-8/h2-11,16,25,33-34H,12-15,17H2;2-5,12H;2-6,11H;2-6H/b30-26+;11-8-;10-6+;/t25-;;;/m0.../s1. The SMILES string of the molecule is [C-]#[N+]c1ccc(/C(=N\O)N2CCN(c3ccc(OCCO)cc3Cl)[C@H](c3ccc(Cl)cc3)C2)cc1.[C-]#[N+]c1ccc(/C(Cl)=N/O)cc1.[C-]#[N+]c1ccc(/C=N/O)cc1.[C-]#[N+]c1ccc(C=O)cc1. The predicted molar refractivity (Wildman–Crippen MR) is 265 cm³/mol. The Morgan fingerprint density at radius 3 is 1.65 bits per heavy atom. The van der Waals surface area contributed by atoms with Crippen LogP contribution in [-0.2, 0) is 0 Å². The Bertz CT molecular complexity index is 2840. The van der Waals surface area contributed by atoms with E-state index < -0.39 is 0 Å². The fourth-order valence-electron chi connectivity index (χ4n) is 6.26. The molecule has 1 aliphatic rings. The predicted octanol–water partition coefficient (Wildman–Crippen LogP) is 12.3. The number of hydrogen-bond acceptors (Lipinski definition) is 10. The summed E-state index contributed by atoms with van der Waals surface area (Å²) in [6.45, 7) is 29.0. The lowest BCUT2D eigenvalue weighted by Crippen LogP contribution is -2.51. The van der Waals surface area contributed by atoms with E-state index in [4.69, 9.17) is 81.3 Å². The number of rotatable bonds is 9. The molecule has 6 aromatic carbocycles. The van der Waals surface area contributed by atoms with Gasteiger partial charge < -0.3 is 35.3 Å². The van der Waals surface area contributed by atoms with Crippen LogP contribution in [0, 0.1) is 26.3 Å². The van der Waals surface area contributed by atoms with Crippen molar-refractivity contribution in [2.45, 2.75) is 6.04 Å². The minimum atomic E-state index is -0.109. The maximum absolute atomic E-state index is 10.1. The summed E-state index contributed by atoms with van der Waals surface area (Å²) in [5.74, 6) is 1.03. The van der Waals surface area contributed by atoms with E-state index in [9.17, 15) is 10.0 Å². The third-order valence-electron chi connectivity index (χ3n) is 9.58. The average Bonchev–Trinajstić information content (AvgIpc) is 3.39. The van der Waals surface area contributed by atoms with E-state index in [1.54, 1.807) is 103 Å². The number of amidine groups is 1. The Kier molecular flexibility index (Phi) is 21.4. The highest BCUT2D eigenvalue weighted by atomic mass is 35.5. The van der Waals surface area contributed by atoms with Gasteiger partial charge in [-0.15, -0.1) is 0 Å². The van der Waals surface area contributed by atoms with Gasteiger partial charge in [0.1, 0.15) is 18.6 Å². The maximum atomic E-state index is 10.1. The average molecular weight is 969 g/mol. The Hall–Kier alpha value is -8.41. The molecule has 0 unspecified atom stereocenters. The van der Waals surface area contributed by atoms with Gasteiger partial charge in [0.25, 0.3) is 0 Å². The highest BCUT2D eigenvalue weighted by molar-refractivity contribution is 6.69. The van der Waals surface area contributed by atoms with Crippen LogP contribution in [0.25, 0.3) is 19.4 Å². The number of nitrogens with zero attached hydrogens (tertiary/aromatic N) is 9. The summed E-state index contributed by atoms with van der Waals surface area (Å²) in [4.78, 5) is 27.4. The Labute approximate surface area is 408 Å². The van der Waals surface area contributed by atoms with Crippen LogP contribution in [0.5, 0.6) is 5.75 Å². The lowest BCUT2D eigenvalue weighted by Gasteiger charge is -2.44. The van der Waals surface area contributed by atoms with Crippen LogP contribution < -0.4 is 9.64 Å². The minimum Gasteiger partial charge on any atom is -0.491 e. The first-order chi connectivity index (χ1) is 33.0. The normalized spacial score (nSPS) is 13.0. The first-order valence-electron chi connectivity index (χ1n) is 20.0. The van der Waals surface area contributed by atoms with E-state index in [0.29, 0.717) is 75.1 Å². The topological polar surface area (TPSA) is 168 Å². The summed E-state index contributed by atoms with van der Waals surface area (Å²) < 4.78 is 5.49. The summed E-state index contributed by atoms with van der Waals surface area (Å²) in [5.41, 5.74) is 6.79. The molecule has 7 rings (SSSR count). The van der Waals surface area contributed by atoms with Crippen molar-refractivity contribution >= 4 is 86.7 Å². The zero-order valence-electron chi connectivity index (χ0n) is 35.8. The molecule has 68 heavy (non-hydrogen) atoms. The highest BCUT2D eigenvalue weighted by Gasteiger charge is 2.32. The Morgan fingerprint density at radius 2 is 1.19 bits per heavy atom. The molecular weight excluding hydrogens is 929 g/mol. The molecule has 4 N–H and O–H groups in total. The van der Waals surface area contributed by atoms with E-state index in [2.05, 4.69) is 39.7 Å². The van der Waals surface area contributed by atoms with Crippen LogP contribution in [0.3, 0.4) is 0 Å². The van der Waals surface area contributed by atoms with Crippen molar-refractivity contribution < 1.29 is 30.3 Å². The molecule has 6 aromatic rings. The van der Waals surface area contributed by atoms with Crippen molar-refractivity contribution in [2.24, 2.45) is 15.5 Å². The number of piperazine rings is 1. The van der Waals surface area contributed by atoms with Gasteiger partial charge in [0, 0.05) is 47.4 Å². The largest absolute Gasteiger partial charge is 0.491 e. The zero-order chi connectivity index (χ0) is 49.3. The third kappa shape index (κ3) is 15.6. The second kappa shape index (κ2) is 27.8. The molecule has 18 heteroatoms. The molecule has 1 aliphatic heterocycles. The van der Waals surface area contributed by atoms with Gasteiger partial charge in [0.2, 0.25) is 0 Å². The summed E-state index contributed by atoms with van der Waals surface area (Å²) in [7, 11) is 0. The molecule has 1 heterocycles. The van der Waals surface area contributed by atoms with E-state index in [1.807, 2.05) is 41.3 Å². The van der Waals surface area contributed by atoms with Crippen molar-refractivity contribution in [2.75, 3.05) is 37.7 Å². The van der Waals surface area contributed by atoms with Gasteiger partial charge in [-0.05, 0) is 35.4 Å². The monoisotopic (exact) mass is 967 g/mol. The molecule has 1 atom stereocenters. The van der Waals surface area contributed by atoms with Crippen LogP contribution in [0.15, 0.2) is 155 Å². The summed E-state index contributed by atoms with van der Waals surface area (Å²) >= 11 is 18.3. The molecule has 15 nitrogen and oxygen atoms in total. The number of carbonyl (C=O) groups excluding carboxylic acids is 1. The number of oxime groups is 3. The van der Waals surface area contributed by atoms with Crippen molar-refractivity contribution in [1.29, 1.82) is 0 Å². The second-order valence-electron chi connectivity index (χ2n) is 13.8. The lowest BCUT2D eigenvalue weighted by atomic mass is 10.00. The van der Waals surface area contributed by atoms with E-state index in [0.717, 1.165) is 28.7 Å². The van der Waals surface area contributed by atoms with Crippen LogP contribution in [0.4, 0.5) is 28.4 Å². The van der Waals surface area contributed by atoms with Crippen LogP contribution >= 0.6 is 34.8 Å². The summed E-state index contributed by atoms with van der Waals surface area (Å²) in [6.07, 6.45) is 2.07. The van der Waals surface area contributed by atoms with Gasteiger partial charge in [-0.25, -0.2) is 19.4 Å².